The molecule has 9 heteroatoms. The summed E-state index contributed by atoms with van der Waals surface area (Å²) in [4.78, 5) is 0. The minimum atomic E-state index is -4.62. The molecule has 1 aromatic heterocycles. The first-order chi connectivity index (χ1) is 7.77. The molecule has 1 rings (SSSR count). The van der Waals surface area contributed by atoms with E-state index in [0.717, 1.165) is 4.68 Å². The number of hydrogen-bond acceptors (Lipinski definition) is 3. The number of amidine groups is 1. The number of rotatable bonds is 3. The quantitative estimate of drug-likeness (QED) is 0.380. The lowest BCUT2D eigenvalue weighted by atomic mass is 10.1. The molecular formula is C8H10ClF3N4O. The Hall–Kier alpha value is -1.44. The second-order valence-corrected chi connectivity index (χ2v) is 3.79. The van der Waals surface area contributed by atoms with Crippen LogP contribution in [0.15, 0.2) is 11.4 Å². The average Bonchev–Trinajstić information content (AvgIpc) is 2.54. The van der Waals surface area contributed by atoms with Gasteiger partial charge in [-0.1, -0.05) is 16.8 Å². The Morgan fingerprint density at radius 1 is 1.71 bits per heavy atom. The maximum atomic E-state index is 12.6. The van der Waals surface area contributed by atoms with Gasteiger partial charge in [0.2, 0.25) is 0 Å². The van der Waals surface area contributed by atoms with E-state index >= 15 is 0 Å². The van der Waals surface area contributed by atoms with E-state index in [-0.39, 0.29) is 5.02 Å². The van der Waals surface area contributed by atoms with Gasteiger partial charge in [0.15, 0.2) is 5.84 Å². The van der Waals surface area contributed by atoms with Crippen molar-refractivity contribution in [3.8, 4) is 0 Å². The molecule has 0 radical (unpaired) electrons. The van der Waals surface area contributed by atoms with Crippen molar-refractivity contribution in [1.29, 1.82) is 0 Å². The third-order valence-electron chi connectivity index (χ3n) is 2.27. The fraction of sp³-hybridized carbons (Fsp3) is 0.500. The van der Waals surface area contributed by atoms with Gasteiger partial charge in [-0.05, 0) is 6.92 Å². The largest absolute Gasteiger partial charge is 0.409 e. The fourth-order valence-corrected chi connectivity index (χ4v) is 1.36. The Kier molecular flexibility index (Phi) is 3.87. The van der Waals surface area contributed by atoms with E-state index in [1.165, 1.54) is 13.1 Å². The summed E-state index contributed by atoms with van der Waals surface area (Å²) in [6.45, 7) is 0.937. The second-order valence-electron chi connectivity index (χ2n) is 3.38. The molecule has 3 N–H and O–H groups in total. The summed E-state index contributed by atoms with van der Waals surface area (Å²) < 4.78 is 39.0. The van der Waals surface area contributed by atoms with Crippen molar-refractivity contribution in [1.82, 2.24) is 9.78 Å². The Morgan fingerprint density at radius 3 is 2.65 bits per heavy atom. The molecule has 17 heavy (non-hydrogen) atoms. The smallest absolute Gasteiger partial charge is 0.400 e. The van der Waals surface area contributed by atoms with Crippen molar-refractivity contribution in [3.05, 3.63) is 16.9 Å². The van der Waals surface area contributed by atoms with Gasteiger partial charge in [-0.2, -0.15) is 18.3 Å². The highest BCUT2D eigenvalue weighted by Crippen LogP contribution is 2.28. The first kappa shape index (κ1) is 13.6. The zero-order valence-corrected chi connectivity index (χ0v) is 9.50. The third kappa shape index (κ3) is 3.02. The lowest BCUT2D eigenvalue weighted by Gasteiger charge is -2.19. The maximum absolute atomic E-state index is 12.6. The molecule has 0 amide bonds. The van der Waals surface area contributed by atoms with Gasteiger partial charge in [0.1, 0.15) is 5.92 Å². The molecule has 1 atom stereocenters. The summed E-state index contributed by atoms with van der Waals surface area (Å²) in [5, 5.41) is 14.6. The van der Waals surface area contributed by atoms with E-state index in [1.807, 2.05) is 0 Å². The Balaban J connectivity index is 2.99. The maximum Gasteiger partial charge on any atom is 0.400 e. The molecule has 0 saturated carbocycles. The zero-order chi connectivity index (χ0) is 13.2. The second kappa shape index (κ2) is 4.82. The van der Waals surface area contributed by atoms with Crippen molar-refractivity contribution in [2.24, 2.45) is 16.8 Å². The molecule has 96 valence electrons. The van der Waals surface area contributed by atoms with Crippen LogP contribution in [0.1, 0.15) is 5.69 Å². The van der Waals surface area contributed by atoms with Crippen LogP contribution in [0.3, 0.4) is 0 Å². The van der Waals surface area contributed by atoms with E-state index in [2.05, 4.69) is 10.3 Å². The predicted molar refractivity (Wildman–Crippen MR) is 54.9 cm³/mol. The molecular weight excluding hydrogens is 261 g/mol. The van der Waals surface area contributed by atoms with Crippen LogP contribution in [0.25, 0.3) is 0 Å². The molecule has 0 aliphatic heterocycles. The molecule has 1 heterocycles. The van der Waals surface area contributed by atoms with Gasteiger partial charge in [0, 0.05) is 0 Å². The molecule has 0 fully saturated rings. The van der Waals surface area contributed by atoms with Crippen molar-refractivity contribution < 1.29 is 18.4 Å². The van der Waals surface area contributed by atoms with Gasteiger partial charge < -0.3 is 10.9 Å². The molecule has 0 spiro atoms. The van der Waals surface area contributed by atoms with E-state index in [0.29, 0.717) is 5.69 Å². The molecule has 0 aromatic carbocycles. The van der Waals surface area contributed by atoms with E-state index in [1.54, 1.807) is 0 Å². The number of nitrogens with zero attached hydrogens (tertiary/aromatic N) is 3. The summed E-state index contributed by atoms with van der Waals surface area (Å²) in [6, 6.07) is 0. The van der Waals surface area contributed by atoms with E-state index in [9.17, 15) is 13.2 Å². The lowest BCUT2D eigenvalue weighted by Crippen LogP contribution is -2.39. The number of alkyl halides is 3. The predicted octanol–water partition coefficient (Wildman–Crippen LogP) is 1.77. The van der Waals surface area contributed by atoms with Crippen LogP contribution < -0.4 is 5.73 Å². The molecule has 5 nitrogen and oxygen atoms in total. The summed E-state index contributed by atoms with van der Waals surface area (Å²) >= 11 is 5.67. The van der Waals surface area contributed by atoms with Crippen LogP contribution in [-0.2, 0) is 6.54 Å². The Bertz CT molecular complexity index is 429. The van der Waals surface area contributed by atoms with Crippen molar-refractivity contribution in [3.63, 3.8) is 0 Å². The molecule has 1 aromatic rings. The van der Waals surface area contributed by atoms with Crippen molar-refractivity contribution in [2.75, 3.05) is 0 Å². The van der Waals surface area contributed by atoms with Gasteiger partial charge in [-0.25, -0.2) is 0 Å². The summed E-state index contributed by atoms with van der Waals surface area (Å²) in [5.74, 6) is -3.02. The van der Waals surface area contributed by atoms with Crippen LogP contribution in [0.4, 0.5) is 13.2 Å². The van der Waals surface area contributed by atoms with Crippen molar-refractivity contribution >= 4 is 17.4 Å². The standard InChI is InChI=1S/C8H10ClF3N4O/c1-4-6(9)2-14-16(4)3-5(7(13)15-17)8(10,11)12/h2,5,17H,3H2,1H3,(H2,13,15). The van der Waals surface area contributed by atoms with Gasteiger partial charge in [-0.3, -0.25) is 4.68 Å². The number of aromatic nitrogens is 2. The number of nitrogens with two attached hydrogens (primary N) is 1. The SMILES string of the molecule is Cc1c(Cl)cnn1CC(C(N)=NO)C(F)(F)F. The van der Waals surface area contributed by atoms with Crippen molar-refractivity contribution in [2.45, 2.75) is 19.6 Å². The summed E-state index contributed by atoms with van der Waals surface area (Å²) in [6.07, 6.45) is -3.39. The Morgan fingerprint density at radius 2 is 2.29 bits per heavy atom. The first-order valence-corrected chi connectivity index (χ1v) is 4.87. The molecule has 0 aliphatic carbocycles. The third-order valence-corrected chi connectivity index (χ3v) is 2.64. The summed E-state index contributed by atoms with van der Waals surface area (Å²) in [7, 11) is 0. The van der Waals surface area contributed by atoms with E-state index < -0.39 is 24.5 Å². The van der Waals surface area contributed by atoms with Gasteiger partial charge in [0.25, 0.3) is 0 Å². The normalized spacial score (nSPS) is 15.0. The summed E-state index contributed by atoms with van der Waals surface area (Å²) in [5.41, 5.74) is 5.40. The van der Waals surface area contributed by atoms with E-state index in [4.69, 9.17) is 22.5 Å². The monoisotopic (exact) mass is 270 g/mol. The Labute approximate surface area is 99.6 Å². The van der Waals surface area contributed by atoms with Gasteiger partial charge >= 0.3 is 6.18 Å². The lowest BCUT2D eigenvalue weighted by molar-refractivity contribution is -0.159. The molecule has 0 aliphatic rings. The average molecular weight is 271 g/mol. The number of oxime groups is 1. The van der Waals surface area contributed by atoms with Crippen LogP contribution in [0.5, 0.6) is 0 Å². The topological polar surface area (TPSA) is 76.4 Å². The molecule has 0 saturated heterocycles. The number of hydrogen-bond donors (Lipinski definition) is 2. The minimum Gasteiger partial charge on any atom is -0.409 e. The zero-order valence-electron chi connectivity index (χ0n) is 8.74. The minimum absolute atomic E-state index is 0.255. The molecule has 1 unspecified atom stereocenters. The fourth-order valence-electron chi connectivity index (χ4n) is 1.22. The van der Waals surface area contributed by atoms with Crippen LogP contribution in [0.2, 0.25) is 5.02 Å². The van der Waals surface area contributed by atoms with Gasteiger partial charge in [0.05, 0.1) is 23.5 Å². The highest BCUT2D eigenvalue weighted by molar-refractivity contribution is 6.31. The number of halogens is 4. The van der Waals surface area contributed by atoms with Crippen LogP contribution in [0, 0.1) is 12.8 Å². The van der Waals surface area contributed by atoms with Gasteiger partial charge in [-0.15, -0.1) is 0 Å². The highest BCUT2D eigenvalue weighted by Gasteiger charge is 2.43. The van der Waals surface area contributed by atoms with Crippen LogP contribution in [-0.4, -0.2) is 27.0 Å². The highest BCUT2D eigenvalue weighted by atomic mass is 35.5. The molecule has 0 bridgehead atoms. The first-order valence-electron chi connectivity index (χ1n) is 4.49. The van der Waals surface area contributed by atoms with Crippen LogP contribution >= 0.6 is 11.6 Å².